The summed E-state index contributed by atoms with van der Waals surface area (Å²) in [5, 5.41) is 1.43. The number of nitrogens with zero attached hydrogens (tertiary/aromatic N) is 2. The largest absolute Gasteiger partial charge is 0.461 e. The van der Waals surface area contributed by atoms with E-state index in [1.807, 2.05) is 49.6 Å². The SMILES string of the molecule is CCOC(=O)c1csc(=O)n1CC(=O)c1cc(C)n(-c2cccc(C)c2)c1C. The first-order chi connectivity index (χ1) is 13.3. The number of benzene rings is 1. The van der Waals surface area contributed by atoms with E-state index in [1.165, 1.54) is 9.95 Å². The molecule has 0 aliphatic heterocycles. The van der Waals surface area contributed by atoms with Crippen LogP contribution in [-0.4, -0.2) is 27.5 Å². The number of aryl methyl sites for hydroxylation is 2. The maximum atomic E-state index is 13.0. The number of thiazole rings is 1. The van der Waals surface area contributed by atoms with Gasteiger partial charge in [-0.25, -0.2) is 4.79 Å². The molecule has 0 spiro atoms. The highest BCUT2D eigenvalue weighted by Gasteiger charge is 2.21. The lowest BCUT2D eigenvalue weighted by molar-refractivity contribution is 0.0513. The van der Waals surface area contributed by atoms with Crippen LogP contribution < -0.4 is 4.87 Å². The summed E-state index contributed by atoms with van der Waals surface area (Å²) < 4.78 is 8.18. The van der Waals surface area contributed by atoms with Crippen molar-refractivity contribution in [2.24, 2.45) is 0 Å². The van der Waals surface area contributed by atoms with Crippen LogP contribution in [0.4, 0.5) is 0 Å². The van der Waals surface area contributed by atoms with Crippen molar-refractivity contribution in [1.82, 2.24) is 9.13 Å². The molecule has 6 nitrogen and oxygen atoms in total. The van der Waals surface area contributed by atoms with E-state index in [0.29, 0.717) is 5.56 Å². The van der Waals surface area contributed by atoms with Crippen LogP contribution in [0.15, 0.2) is 40.5 Å². The van der Waals surface area contributed by atoms with Crippen LogP contribution in [0.2, 0.25) is 0 Å². The molecule has 3 rings (SSSR count). The van der Waals surface area contributed by atoms with Gasteiger partial charge >= 0.3 is 10.8 Å². The zero-order valence-corrected chi connectivity index (χ0v) is 17.1. The minimum Gasteiger partial charge on any atom is -0.461 e. The number of hydrogen-bond acceptors (Lipinski definition) is 5. The van der Waals surface area contributed by atoms with E-state index in [4.69, 9.17) is 4.74 Å². The Labute approximate surface area is 167 Å². The number of rotatable bonds is 6. The van der Waals surface area contributed by atoms with Crippen LogP contribution in [0.25, 0.3) is 5.69 Å². The molecule has 0 unspecified atom stereocenters. The first-order valence-electron chi connectivity index (χ1n) is 8.98. The highest BCUT2D eigenvalue weighted by molar-refractivity contribution is 7.07. The number of carbonyl (C=O) groups excluding carboxylic acids is 2. The smallest absolute Gasteiger partial charge is 0.355 e. The van der Waals surface area contributed by atoms with Crippen LogP contribution >= 0.6 is 11.3 Å². The summed E-state index contributed by atoms with van der Waals surface area (Å²) in [5.74, 6) is -0.822. The van der Waals surface area contributed by atoms with Gasteiger partial charge in [0.1, 0.15) is 5.69 Å². The molecule has 0 aliphatic rings. The lowest BCUT2D eigenvalue weighted by atomic mass is 10.1. The standard InChI is InChI=1S/C21H22N2O4S/c1-5-27-20(25)18-12-28-21(26)22(18)11-19(24)17-10-14(3)23(15(17)4)16-8-6-7-13(2)9-16/h6-10,12H,5,11H2,1-4H3. The zero-order chi connectivity index (χ0) is 20.4. The number of Topliss-reactive ketones (excluding diaryl/α,β-unsaturated/α-hetero) is 1. The number of esters is 1. The molecule has 146 valence electrons. The molecule has 0 saturated heterocycles. The fourth-order valence-corrected chi connectivity index (χ4v) is 4.01. The molecular weight excluding hydrogens is 376 g/mol. The van der Waals surface area contributed by atoms with Crippen LogP contribution in [0.3, 0.4) is 0 Å². The van der Waals surface area contributed by atoms with Gasteiger partial charge in [0, 0.05) is 28.0 Å². The first kappa shape index (κ1) is 19.8. The van der Waals surface area contributed by atoms with E-state index < -0.39 is 5.97 Å². The molecule has 7 heteroatoms. The van der Waals surface area contributed by atoms with Gasteiger partial charge in [-0.1, -0.05) is 23.5 Å². The zero-order valence-electron chi connectivity index (χ0n) is 16.3. The second-order valence-corrected chi connectivity index (χ2v) is 7.40. The average Bonchev–Trinajstić information content (AvgIpc) is 3.15. The highest BCUT2D eigenvalue weighted by atomic mass is 32.1. The summed E-state index contributed by atoms with van der Waals surface area (Å²) >= 11 is 0.883. The van der Waals surface area contributed by atoms with Crippen molar-refractivity contribution >= 4 is 23.1 Å². The molecule has 28 heavy (non-hydrogen) atoms. The minimum absolute atomic E-state index is 0.109. The summed E-state index contributed by atoms with van der Waals surface area (Å²) in [6.45, 7) is 7.53. The van der Waals surface area contributed by atoms with E-state index >= 15 is 0 Å². The fourth-order valence-electron chi connectivity index (χ4n) is 3.28. The Morgan fingerprint density at radius 3 is 2.57 bits per heavy atom. The maximum Gasteiger partial charge on any atom is 0.355 e. The van der Waals surface area contributed by atoms with E-state index in [-0.39, 0.29) is 29.5 Å². The van der Waals surface area contributed by atoms with Crippen molar-refractivity contribution in [2.75, 3.05) is 6.61 Å². The minimum atomic E-state index is -0.598. The molecule has 0 atom stereocenters. The summed E-state index contributed by atoms with van der Waals surface area (Å²) in [4.78, 5) is 36.8. The van der Waals surface area contributed by atoms with E-state index in [2.05, 4.69) is 6.07 Å². The molecule has 0 aliphatic carbocycles. The van der Waals surface area contributed by atoms with Crippen LogP contribution in [0.5, 0.6) is 0 Å². The third-order valence-electron chi connectivity index (χ3n) is 4.56. The molecule has 0 N–H and O–H groups in total. The van der Waals surface area contributed by atoms with E-state index in [1.54, 1.807) is 6.92 Å². The van der Waals surface area contributed by atoms with Crippen molar-refractivity contribution in [1.29, 1.82) is 0 Å². The van der Waals surface area contributed by atoms with Crippen molar-refractivity contribution in [3.8, 4) is 5.69 Å². The predicted octanol–water partition coefficient (Wildman–Crippen LogP) is 3.69. The number of carbonyl (C=O) groups is 2. The Balaban J connectivity index is 1.95. The van der Waals surface area contributed by atoms with Gasteiger partial charge in [0.15, 0.2) is 5.78 Å². The monoisotopic (exact) mass is 398 g/mol. The number of hydrogen-bond donors (Lipinski definition) is 0. The van der Waals surface area contributed by atoms with Gasteiger partial charge in [0.25, 0.3) is 0 Å². The van der Waals surface area contributed by atoms with Crippen molar-refractivity contribution < 1.29 is 14.3 Å². The number of ether oxygens (including phenoxy) is 1. The normalized spacial score (nSPS) is 10.9. The molecular formula is C21H22N2O4S. The topological polar surface area (TPSA) is 70.3 Å². The van der Waals surface area contributed by atoms with Gasteiger partial charge in [0.2, 0.25) is 0 Å². The Kier molecular flexibility index (Phi) is 5.65. The van der Waals surface area contributed by atoms with Gasteiger partial charge in [-0.2, -0.15) is 0 Å². The molecule has 0 amide bonds. The maximum absolute atomic E-state index is 13.0. The van der Waals surface area contributed by atoms with Crippen LogP contribution in [0.1, 0.15) is 44.7 Å². The lowest BCUT2D eigenvalue weighted by Gasteiger charge is -2.11. The first-order valence-corrected chi connectivity index (χ1v) is 9.86. The van der Waals surface area contributed by atoms with Crippen molar-refractivity contribution in [2.45, 2.75) is 34.2 Å². The van der Waals surface area contributed by atoms with Crippen molar-refractivity contribution in [3.05, 3.63) is 73.6 Å². The van der Waals surface area contributed by atoms with Crippen LogP contribution in [-0.2, 0) is 11.3 Å². The average molecular weight is 398 g/mol. The third-order valence-corrected chi connectivity index (χ3v) is 5.32. The molecule has 3 aromatic rings. The number of aromatic nitrogens is 2. The molecule has 1 aromatic carbocycles. The van der Waals surface area contributed by atoms with Crippen molar-refractivity contribution in [3.63, 3.8) is 0 Å². The van der Waals surface area contributed by atoms with Gasteiger partial charge in [-0.3, -0.25) is 14.2 Å². The summed E-state index contributed by atoms with van der Waals surface area (Å²) in [6.07, 6.45) is 0. The third kappa shape index (κ3) is 3.71. The second kappa shape index (κ2) is 7.98. The Bertz CT molecular complexity index is 1100. The predicted molar refractivity (Wildman–Crippen MR) is 109 cm³/mol. The second-order valence-electron chi connectivity index (χ2n) is 6.58. The molecule has 0 bridgehead atoms. The molecule has 0 saturated carbocycles. The van der Waals surface area contributed by atoms with E-state index in [0.717, 1.165) is 34.0 Å². The molecule has 0 fully saturated rings. The molecule has 2 heterocycles. The van der Waals surface area contributed by atoms with Gasteiger partial charge in [-0.15, -0.1) is 0 Å². The highest BCUT2D eigenvalue weighted by Crippen LogP contribution is 2.22. The fraction of sp³-hybridized carbons (Fsp3) is 0.286. The van der Waals surface area contributed by atoms with E-state index in [9.17, 15) is 14.4 Å². The Morgan fingerprint density at radius 2 is 1.89 bits per heavy atom. The van der Waals surface area contributed by atoms with Gasteiger partial charge in [0.05, 0.1) is 13.2 Å². The summed E-state index contributed by atoms with van der Waals surface area (Å²) in [7, 11) is 0. The van der Waals surface area contributed by atoms with Gasteiger partial charge < -0.3 is 9.30 Å². The Morgan fingerprint density at radius 1 is 1.14 bits per heavy atom. The molecule has 2 aromatic heterocycles. The number of ketones is 1. The van der Waals surface area contributed by atoms with Crippen LogP contribution in [0, 0.1) is 20.8 Å². The van der Waals surface area contributed by atoms with Gasteiger partial charge in [-0.05, 0) is 51.5 Å². The summed E-state index contributed by atoms with van der Waals surface area (Å²) in [6, 6.07) is 9.85. The Hall–Kier alpha value is -2.93. The lowest BCUT2D eigenvalue weighted by Crippen LogP contribution is -2.24. The quantitative estimate of drug-likeness (QED) is 0.469. The summed E-state index contributed by atoms with van der Waals surface area (Å²) in [5.41, 5.74) is 4.48. The molecule has 0 radical (unpaired) electrons.